The molecule has 148 valence electrons. The van der Waals surface area contributed by atoms with Crippen LogP contribution in [-0.2, 0) is 17.8 Å². The third kappa shape index (κ3) is 4.45. The van der Waals surface area contributed by atoms with Gasteiger partial charge in [-0.25, -0.2) is 0 Å². The number of carbonyl (C=O) groups excluding carboxylic acids is 1. The molecule has 2 aromatic rings. The van der Waals surface area contributed by atoms with E-state index in [0.29, 0.717) is 12.5 Å². The molecular weight excluding hydrogens is 366 g/mol. The van der Waals surface area contributed by atoms with Gasteiger partial charge in [-0.3, -0.25) is 9.69 Å². The Morgan fingerprint density at radius 3 is 2.57 bits per heavy atom. The van der Waals surface area contributed by atoms with Crippen LogP contribution in [0.5, 0.6) is 0 Å². The van der Waals surface area contributed by atoms with Crippen molar-refractivity contribution < 1.29 is 4.79 Å². The number of carbonyl (C=O) groups is 1. The van der Waals surface area contributed by atoms with Crippen LogP contribution < -0.4 is 5.32 Å². The molecule has 1 aliphatic heterocycles. The monoisotopic (exact) mass is 395 g/mol. The molecule has 5 heteroatoms. The molecule has 0 aliphatic carbocycles. The number of nitriles is 1. The first-order valence-corrected chi connectivity index (χ1v) is 10.8. The van der Waals surface area contributed by atoms with Crippen LogP contribution in [-0.4, -0.2) is 23.9 Å². The molecule has 1 aromatic carbocycles. The van der Waals surface area contributed by atoms with Crippen molar-refractivity contribution in [3.05, 3.63) is 57.3 Å². The van der Waals surface area contributed by atoms with Crippen LogP contribution in [0.25, 0.3) is 0 Å². The van der Waals surface area contributed by atoms with Crippen molar-refractivity contribution in [2.75, 3.05) is 13.1 Å². The lowest BCUT2D eigenvalue weighted by molar-refractivity contribution is -0.127. The van der Waals surface area contributed by atoms with Gasteiger partial charge in [0.15, 0.2) is 0 Å². The standard InChI is InChI=1S/C23H29N3OS/c1-16(2)17-5-7-18(8-6-17)20(13-25-22(27)23(3,4)15-24)26-11-9-21-19(14-26)10-12-28-21/h5-8,10,12,16,20H,9,11,13-14H2,1-4H3,(H,25,27). The second-order valence-corrected chi connectivity index (χ2v) is 9.37. The second kappa shape index (κ2) is 8.46. The summed E-state index contributed by atoms with van der Waals surface area (Å²) in [6.07, 6.45) is 1.05. The van der Waals surface area contributed by atoms with Crippen LogP contribution in [0.1, 0.15) is 61.2 Å². The van der Waals surface area contributed by atoms with Crippen molar-refractivity contribution in [2.45, 2.75) is 52.6 Å². The summed E-state index contributed by atoms with van der Waals surface area (Å²) in [6, 6.07) is 13.1. The van der Waals surface area contributed by atoms with Gasteiger partial charge < -0.3 is 5.32 Å². The number of amides is 1. The Morgan fingerprint density at radius 1 is 1.25 bits per heavy atom. The summed E-state index contributed by atoms with van der Waals surface area (Å²) >= 11 is 1.83. The molecular formula is C23H29N3OS. The first-order valence-electron chi connectivity index (χ1n) is 9.90. The summed E-state index contributed by atoms with van der Waals surface area (Å²) in [7, 11) is 0. The fraction of sp³-hybridized carbons (Fsp3) is 0.478. The molecule has 1 amide bonds. The predicted molar refractivity (Wildman–Crippen MR) is 114 cm³/mol. The Kier molecular flexibility index (Phi) is 6.22. The Morgan fingerprint density at radius 2 is 1.93 bits per heavy atom. The second-order valence-electron chi connectivity index (χ2n) is 8.37. The van der Waals surface area contributed by atoms with Crippen molar-refractivity contribution in [2.24, 2.45) is 5.41 Å². The van der Waals surface area contributed by atoms with E-state index >= 15 is 0 Å². The molecule has 1 aromatic heterocycles. The molecule has 0 radical (unpaired) electrons. The smallest absolute Gasteiger partial charge is 0.239 e. The lowest BCUT2D eigenvalue weighted by Gasteiger charge is -2.35. The Labute approximate surface area is 172 Å². The van der Waals surface area contributed by atoms with Gasteiger partial charge in [0.05, 0.1) is 12.1 Å². The predicted octanol–water partition coefficient (Wildman–Crippen LogP) is 4.64. The lowest BCUT2D eigenvalue weighted by Crippen LogP contribution is -2.43. The molecule has 2 heterocycles. The van der Waals surface area contributed by atoms with Crippen LogP contribution >= 0.6 is 11.3 Å². The van der Waals surface area contributed by atoms with Crippen molar-refractivity contribution in [1.29, 1.82) is 5.26 Å². The average Bonchev–Trinajstić information content (AvgIpc) is 3.16. The number of nitrogens with one attached hydrogen (secondary N) is 1. The largest absolute Gasteiger partial charge is 0.353 e. The topological polar surface area (TPSA) is 56.1 Å². The van der Waals surface area contributed by atoms with Crippen LogP contribution in [0.15, 0.2) is 35.7 Å². The third-order valence-corrected chi connectivity index (χ3v) is 6.59. The van der Waals surface area contributed by atoms with E-state index in [0.717, 1.165) is 19.5 Å². The molecule has 4 nitrogen and oxygen atoms in total. The summed E-state index contributed by atoms with van der Waals surface area (Å²) in [5.41, 5.74) is 2.90. The number of rotatable bonds is 6. The van der Waals surface area contributed by atoms with Crippen molar-refractivity contribution in [3.8, 4) is 6.07 Å². The highest BCUT2D eigenvalue weighted by atomic mass is 32.1. The third-order valence-electron chi connectivity index (χ3n) is 5.57. The number of hydrogen-bond acceptors (Lipinski definition) is 4. The molecule has 0 saturated heterocycles. The number of benzene rings is 1. The molecule has 1 unspecified atom stereocenters. The molecule has 0 spiro atoms. The van der Waals surface area contributed by atoms with Crippen LogP contribution in [0, 0.1) is 16.7 Å². The highest BCUT2D eigenvalue weighted by Gasteiger charge is 2.30. The van der Waals surface area contributed by atoms with Gasteiger partial charge in [-0.2, -0.15) is 5.26 Å². The van der Waals surface area contributed by atoms with E-state index in [1.165, 1.54) is 21.6 Å². The Hall–Kier alpha value is -2.16. The van der Waals surface area contributed by atoms with E-state index in [-0.39, 0.29) is 11.9 Å². The van der Waals surface area contributed by atoms with Crippen molar-refractivity contribution in [1.82, 2.24) is 10.2 Å². The van der Waals surface area contributed by atoms with Gasteiger partial charge in [0.2, 0.25) is 5.91 Å². The molecule has 0 bridgehead atoms. The molecule has 0 saturated carbocycles. The number of thiophene rings is 1. The summed E-state index contributed by atoms with van der Waals surface area (Å²) in [4.78, 5) is 16.4. The molecule has 1 atom stereocenters. The van der Waals surface area contributed by atoms with Gasteiger partial charge in [0.1, 0.15) is 5.41 Å². The minimum atomic E-state index is -1.02. The average molecular weight is 396 g/mol. The minimum Gasteiger partial charge on any atom is -0.353 e. The maximum atomic E-state index is 12.5. The fourth-order valence-corrected chi connectivity index (χ4v) is 4.45. The van der Waals surface area contributed by atoms with Gasteiger partial charge in [0, 0.05) is 24.5 Å². The normalized spacial score (nSPS) is 15.7. The van der Waals surface area contributed by atoms with E-state index in [2.05, 4.69) is 65.8 Å². The molecule has 0 fully saturated rings. The summed E-state index contributed by atoms with van der Waals surface area (Å²) in [5, 5.41) is 14.4. The van der Waals surface area contributed by atoms with E-state index in [4.69, 9.17) is 0 Å². The Balaban J connectivity index is 1.82. The van der Waals surface area contributed by atoms with Gasteiger partial charge >= 0.3 is 0 Å². The van der Waals surface area contributed by atoms with Gasteiger partial charge in [-0.1, -0.05) is 38.1 Å². The number of nitrogens with zero attached hydrogens (tertiary/aromatic N) is 2. The lowest BCUT2D eigenvalue weighted by atomic mass is 9.93. The first kappa shape index (κ1) is 20.6. The summed E-state index contributed by atoms with van der Waals surface area (Å²) in [5.74, 6) is 0.277. The van der Waals surface area contributed by atoms with E-state index in [1.54, 1.807) is 13.8 Å². The zero-order valence-corrected chi connectivity index (χ0v) is 18.0. The highest BCUT2D eigenvalue weighted by molar-refractivity contribution is 7.10. The van der Waals surface area contributed by atoms with E-state index in [9.17, 15) is 10.1 Å². The minimum absolute atomic E-state index is 0.0905. The molecule has 1 aliphatic rings. The summed E-state index contributed by atoms with van der Waals surface area (Å²) < 4.78 is 0. The van der Waals surface area contributed by atoms with Crippen LogP contribution in [0.2, 0.25) is 0 Å². The quantitative estimate of drug-likeness (QED) is 0.775. The fourth-order valence-electron chi connectivity index (χ4n) is 3.56. The van der Waals surface area contributed by atoms with Crippen LogP contribution in [0.4, 0.5) is 0 Å². The zero-order valence-electron chi connectivity index (χ0n) is 17.2. The van der Waals surface area contributed by atoms with E-state index in [1.807, 2.05) is 11.3 Å². The molecule has 1 N–H and O–H groups in total. The maximum absolute atomic E-state index is 12.5. The summed E-state index contributed by atoms with van der Waals surface area (Å²) in [6.45, 7) is 10.1. The zero-order chi connectivity index (χ0) is 20.3. The van der Waals surface area contributed by atoms with Crippen molar-refractivity contribution in [3.63, 3.8) is 0 Å². The van der Waals surface area contributed by atoms with Gasteiger partial charge in [-0.15, -0.1) is 11.3 Å². The molecule has 3 rings (SSSR count). The number of hydrogen-bond donors (Lipinski definition) is 1. The first-order chi connectivity index (χ1) is 13.3. The van der Waals surface area contributed by atoms with Crippen molar-refractivity contribution >= 4 is 17.2 Å². The maximum Gasteiger partial charge on any atom is 0.239 e. The molecule has 28 heavy (non-hydrogen) atoms. The van der Waals surface area contributed by atoms with Crippen LogP contribution in [0.3, 0.4) is 0 Å². The SMILES string of the molecule is CC(C)c1ccc(C(CNC(=O)C(C)(C)C#N)N2CCc3sccc3C2)cc1. The van der Waals surface area contributed by atoms with Gasteiger partial charge in [0.25, 0.3) is 0 Å². The highest BCUT2D eigenvalue weighted by Crippen LogP contribution is 2.31. The van der Waals surface area contributed by atoms with Gasteiger partial charge in [-0.05, 0) is 54.3 Å². The Bertz CT molecular complexity index is 861. The van der Waals surface area contributed by atoms with E-state index < -0.39 is 5.41 Å². The number of fused-ring (bicyclic) bond motifs is 1.